The van der Waals surface area contributed by atoms with Crippen LogP contribution in [0.3, 0.4) is 0 Å². The molecule has 0 saturated carbocycles. The first-order valence-corrected chi connectivity index (χ1v) is 8.00. The molecule has 0 spiro atoms. The fourth-order valence-electron chi connectivity index (χ4n) is 1.96. The standard InChI is InChI=1S/C18H21N3O4/c1-2-24-14-6-8-15(9-7-14)25-13-17(22)20-11-12-21-18(23)16-5-3-4-10-19-16/h3-10H,2,11-13H2,1H3,(H,20,22)(H,21,23). The van der Waals surface area contributed by atoms with Crippen molar-refractivity contribution in [3.63, 3.8) is 0 Å². The Hall–Kier alpha value is -3.09. The largest absolute Gasteiger partial charge is 0.494 e. The Balaban J connectivity index is 1.61. The third kappa shape index (κ3) is 6.50. The predicted molar refractivity (Wildman–Crippen MR) is 92.7 cm³/mol. The van der Waals surface area contributed by atoms with E-state index in [9.17, 15) is 9.59 Å². The van der Waals surface area contributed by atoms with E-state index in [1.165, 1.54) is 0 Å². The van der Waals surface area contributed by atoms with Gasteiger partial charge in [-0.05, 0) is 43.3 Å². The number of ether oxygens (including phenoxy) is 2. The first-order valence-electron chi connectivity index (χ1n) is 8.00. The van der Waals surface area contributed by atoms with Gasteiger partial charge in [-0.1, -0.05) is 6.07 Å². The van der Waals surface area contributed by atoms with Crippen molar-refractivity contribution < 1.29 is 19.1 Å². The molecule has 0 aliphatic rings. The molecule has 0 aliphatic heterocycles. The molecule has 2 rings (SSSR count). The van der Waals surface area contributed by atoms with Gasteiger partial charge < -0.3 is 20.1 Å². The second-order valence-corrected chi connectivity index (χ2v) is 5.01. The summed E-state index contributed by atoms with van der Waals surface area (Å²) in [7, 11) is 0. The molecule has 0 bridgehead atoms. The van der Waals surface area contributed by atoms with Gasteiger partial charge in [0, 0.05) is 19.3 Å². The van der Waals surface area contributed by atoms with E-state index in [4.69, 9.17) is 9.47 Å². The van der Waals surface area contributed by atoms with Gasteiger partial charge >= 0.3 is 0 Å². The summed E-state index contributed by atoms with van der Waals surface area (Å²) in [5.74, 6) is 0.798. The summed E-state index contributed by atoms with van der Waals surface area (Å²) in [6, 6.07) is 12.1. The van der Waals surface area contributed by atoms with Crippen molar-refractivity contribution in [2.75, 3.05) is 26.3 Å². The van der Waals surface area contributed by atoms with Crippen LogP contribution < -0.4 is 20.1 Å². The fourth-order valence-corrected chi connectivity index (χ4v) is 1.96. The summed E-state index contributed by atoms with van der Waals surface area (Å²) >= 11 is 0. The Morgan fingerprint density at radius 2 is 1.64 bits per heavy atom. The molecule has 0 fully saturated rings. The summed E-state index contributed by atoms with van der Waals surface area (Å²) < 4.78 is 10.7. The van der Waals surface area contributed by atoms with Crippen LogP contribution in [-0.2, 0) is 4.79 Å². The van der Waals surface area contributed by atoms with Gasteiger partial charge in [0.25, 0.3) is 11.8 Å². The Morgan fingerprint density at radius 3 is 2.28 bits per heavy atom. The van der Waals surface area contributed by atoms with Gasteiger partial charge in [-0.2, -0.15) is 0 Å². The van der Waals surface area contributed by atoms with Gasteiger partial charge in [-0.25, -0.2) is 0 Å². The van der Waals surface area contributed by atoms with E-state index in [-0.39, 0.29) is 18.4 Å². The summed E-state index contributed by atoms with van der Waals surface area (Å²) in [6.45, 7) is 3.03. The molecular formula is C18H21N3O4. The van der Waals surface area contributed by atoms with Crippen molar-refractivity contribution in [3.8, 4) is 11.5 Å². The van der Waals surface area contributed by atoms with Crippen molar-refractivity contribution in [1.29, 1.82) is 0 Å². The third-order valence-corrected chi connectivity index (χ3v) is 3.13. The lowest BCUT2D eigenvalue weighted by molar-refractivity contribution is -0.123. The molecule has 7 heteroatoms. The number of carbonyl (C=O) groups excluding carboxylic acids is 2. The average Bonchev–Trinajstić information content (AvgIpc) is 2.65. The fraction of sp³-hybridized carbons (Fsp3) is 0.278. The number of benzene rings is 1. The van der Waals surface area contributed by atoms with E-state index in [1.807, 2.05) is 6.92 Å². The molecule has 0 saturated heterocycles. The maximum Gasteiger partial charge on any atom is 0.269 e. The Bertz CT molecular complexity index is 674. The smallest absolute Gasteiger partial charge is 0.269 e. The predicted octanol–water partition coefficient (Wildman–Crippen LogP) is 1.41. The minimum atomic E-state index is -0.277. The number of amides is 2. The monoisotopic (exact) mass is 343 g/mol. The summed E-state index contributed by atoms with van der Waals surface area (Å²) in [5, 5.41) is 5.34. The Kier molecular flexibility index (Phi) is 7.24. The molecule has 0 unspecified atom stereocenters. The average molecular weight is 343 g/mol. The van der Waals surface area contributed by atoms with E-state index < -0.39 is 0 Å². The molecule has 0 radical (unpaired) electrons. The van der Waals surface area contributed by atoms with Crippen molar-refractivity contribution in [2.45, 2.75) is 6.92 Å². The van der Waals surface area contributed by atoms with Crippen LogP contribution in [0.2, 0.25) is 0 Å². The molecule has 132 valence electrons. The van der Waals surface area contributed by atoms with Crippen molar-refractivity contribution in [3.05, 3.63) is 54.4 Å². The van der Waals surface area contributed by atoms with E-state index in [0.29, 0.717) is 31.1 Å². The molecule has 2 aromatic rings. The Morgan fingerprint density at radius 1 is 0.960 bits per heavy atom. The molecule has 1 aromatic heterocycles. The molecule has 2 amide bonds. The molecule has 25 heavy (non-hydrogen) atoms. The topological polar surface area (TPSA) is 89.5 Å². The quantitative estimate of drug-likeness (QED) is 0.672. The molecule has 1 aromatic carbocycles. The molecular weight excluding hydrogens is 322 g/mol. The molecule has 7 nitrogen and oxygen atoms in total. The number of carbonyl (C=O) groups is 2. The molecule has 2 N–H and O–H groups in total. The van der Waals surface area contributed by atoms with Crippen LogP contribution in [0.1, 0.15) is 17.4 Å². The van der Waals surface area contributed by atoms with Crippen molar-refractivity contribution >= 4 is 11.8 Å². The first-order chi connectivity index (χ1) is 12.2. The minimum absolute atomic E-state index is 0.0951. The zero-order chi connectivity index (χ0) is 17.9. The first kappa shape index (κ1) is 18.3. The second-order valence-electron chi connectivity index (χ2n) is 5.01. The van der Waals surface area contributed by atoms with Gasteiger partial charge in [-0.3, -0.25) is 14.6 Å². The number of hydrogen-bond donors (Lipinski definition) is 2. The highest BCUT2D eigenvalue weighted by atomic mass is 16.5. The van der Waals surface area contributed by atoms with Crippen LogP contribution in [0.4, 0.5) is 0 Å². The van der Waals surface area contributed by atoms with E-state index in [2.05, 4.69) is 15.6 Å². The van der Waals surface area contributed by atoms with Gasteiger partial charge in [0.2, 0.25) is 0 Å². The van der Waals surface area contributed by atoms with E-state index >= 15 is 0 Å². The molecule has 1 heterocycles. The maximum atomic E-state index is 11.8. The van der Waals surface area contributed by atoms with Gasteiger partial charge in [0.05, 0.1) is 6.61 Å². The third-order valence-electron chi connectivity index (χ3n) is 3.13. The highest BCUT2D eigenvalue weighted by Crippen LogP contribution is 2.17. The van der Waals surface area contributed by atoms with E-state index in [0.717, 1.165) is 5.75 Å². The van der Waals surface area contributed by atoms with Crippen LogP contribution in [0.25, 0.3) is 0 Å². The zero-order valence-corrected chi connectivity index (χ0v) is 14.0. The van der Waals surface area contributed by atoms with Crippen LogP contribution in [-0.4, -0.2) is 43.1 Å². The minimum Gasteiger partial charge on any atom is -0.494 e. The number of hydrogen-bond acceptors (Lipinski definition) is 5. The lowest BCUT2D eigenvalue weighted by Gasteiger charge is -2.09. The lowest BCUT2D eigenvalue weighted by Crippen LogP contribution is -2.37. The number of nitrogens with one attached hydrogen (secondary N) is 2. The van der Waals surface area contributed by atoms with Crippen LogP contribution >= 0.6 is 0 Å². The number of pyridine rings is 1. The van der Waals surface area contributed by atoms with Gasteiger partial charge in [0.1, 0.15) is 17.2 Å². The number of aromatic nitrogens is 1. The number of nitrogens with zero attached hydrogens (tertiary/aromatic N) is 1. The molecule has 0 aliphatic carbocycles. The maximum absolute atomic E-state index is 11.8. The van der Waals surface area contributed by atoms with E-state index in [1.54, 1.807) is 48.7 Å². The summed E-state index contributed by atoms with van der Waals surface area (Å²) in [6.07, 6.45) is 1.55. The van der Waals surface area contributed by atoms with Crippen LogP contribution in [0.15, 0.2) is 48.7 Å². The Labute approximate surface area is 146 Å². The number of rotatable bonds is 9. The highest BCUT2D eigenvalue weighted by molar-refractivity contribution is 5.92. The van der Waals surface area contributed by atoms with Crippen molar-refractivity contribution in [2.24, 2.45) is 0 Å². The normalized spacial score (nSPS) is 9.96. The summed E-state index contributed by atoms with van der Waals surface area (Å²) in [5.41, 5.74) is 0.340. The zero-order valence-electron chi connectivity index (χ0n) is 14.0. The summed E-state index contributed by atoms with van der Waals surface area (Å²) in [4.78, 5) is 27.4. The SMILES string of the molecule is CCOc1ccc(OCC(=O)NCCNC(=O)c2ccccn2)cc1. The van der Waals surface area contributed by atoms with Crippen molar-refractivity contribution in [1.82, 2.24) is 15.6 Å². The van der Waals surface area contributed by atoms with Crippen LogP contribution in [0.5, 0.6) is 11.5 Å². The molecule has 0 atom stereocenters. The van der Waals surface area contributed by atoms with Gasteiger partial charge in [0.15, 0.2) is 6.61 Å². The highest BCUT2D eigenvalue weighted by Gasteiger charge is 2.06. The van der Waals surface area contributed by atoms with Crippen LogP contribution in [0, 0.1) is 0 Å². The van der Waals surface area contributed by atoms with Gasteiger partial charge in [-0.15, -0.1) is 0 Å². The lowest BCUT2D eigenvalue weighted by atomic mass is 10.3. The second kappa shape index (κ2) is 9.92.